The highest BCUT2D eigenvalue weighted by atomic mass is 16.6. The van der Waals surface area contributed by atoms with Gasteiger partial charge in [-0.05, 0) is 51.0 Å². The number of amides is 1. The van der Waals surface area contributed by atoms with E-state index in [2.05, 4.69) is 6.92 Å². The van der Waals surface area contributed by atoms with E-state index in [1.165, 1.54) is 0 Å². The maximum absolute atomic E-state index is 14.1. The number of nitrogens with zero attached hydrogens (tertiary/aromatic N) is 1. The van der Waals surface area contributed by atoms with E-state index >= 15 is 0 Å². The second-order valence-corrected chi connectivity index (χ2v) is 8.47. The first-order chi connectivity index (χ1) is 13.8. The number of carbonyl (C=O) groups is 2. The average molecular weight is 389 g/mol. The van der Waals surface area contributed by atoms with Crippen molar-refractivity contribution in [1.29, 1.82) is 0 Å². The number of anilines is 2. The van der Waals surface area contributed by atoms with Crippen molar-refractivity contribution in [2.24, 2.45) is 23.2 Å². The molecule has 1 amide bonds. The van der Waals surface area contributed by atoms with Gasteiger partial charge >= 0.3 is 5.97 Å². The number of esters is 1. The van der Waals surface area contributed by atoms with E-state index < -0.39 is 5.41 Å². The second-order valence-electron chi connectivity index (χ2n) is 8.47. The lowest BCUT2D eigenvalue weighted by Gasteiger charge is -2.42. The van der Waals surface area contributed by atoms with Gasteiger partial charge in [-0.25, -0.2) is 0 Å². The summed E-state index contributed by atoms with van der Waals surface area (Å²) in [4.78, 5) is 28.6. The topological polar surface area (TPSA) is 46.6 Å². The number of ether oxygens (including phenoxy) is 1. The molecule has 1 heterocycles. The molecule has 0 aromatic heterocycles. The standard InChI is InChI=1S/C25H27NO3/c1-16-15-25(4)22(18(3)29-24(25)28)21(17(16)2)23(27)26(19-11-7-5-8-12-19)20-13-9-6-10-14-20/h5-15,17-18,21-22H,1-4H3. The Kier molecular flexibility index (Phi) is 4.81. The molecule has 0 radical (unpaired) electrons. The minimum absolute atomic E-state index is 0.00345. The van der Waals surface area contributed by atoms with Crippen molar-refractivity contribution < 1.29 is 14.3 Å². The van der Waals surface area contributed by atoms with Crippen molar-refractivity contribution in [3.63, 3.8) is 0 Å². The second kappa shape index (κ2) is 7.18. The van der Waals surface area contributed by atoms with Crippen molar-refractivity contribution in [2.75, 3.05) is 4.90 Å². The summed E-state index contributed by atoms with van der Waals surface area (Å²) in [5, 5.41) is 0. The molecule has 2 aromatic rings. The smallest absolute Gasteiger partial charge is 0.316 e. The predicted octanol–water partition coefficient (Wildman–Crippen LogP) is 5.13. The Morgan fingerprint density at radius 2 is 1.48 bits per heavy atom. The van der Waals surface area contributed by atoms with Gasteiger partial charge in [0.05, 0.1) is 11.3 Å². The summed E-state index contributed by atoms with van der Waals surface area (Å²) >= 11 is 0. The summed E-state index contributed by atoms with van der Waals surface area (Å²) < 4.78 is 5.63. The SMILES string of the molecule is CC1=CC2(C)C(=O)OC(C)C2C(C(=O)N(c2ccccc2)c2ccccc2)C1C. The fourth-order valence-electron chi connectivity index (χ4n) is 5.09. The Bertz CT molecular complexity index is 913. The molecular weight excluding hydrogens is 362 g/mol. The molecule has 0 N–H and O–H groups in total. The zero-order chi connectivity index (χ0) is 20.8. The van der Waals surface area contributed by atoms with Crippen LogP contribution in [0.15, 0.2) is 72.3 Å². The normalized spacial score (nSPS) is 30.9. The number of benzene rings is 2. The Hall–Kier alpha value is -2.88. The van der Waals surface area contributed by atoms with Gasteiger partial charge < -0.3 is 4.74 Å². The van der Waals surface area contributed by atoms with Crippen LogP contribution in [0.3, 0.4) is 0 Å². The number of hydrogen-bond acceptors (Lipinski definition) is 3. The molecule has 1 aliphatic carbocycles. The zero-order valence-corrected chi connectivity index (χ0v) is 17.3. The summed E-state index contributed by atoms with van der Waals surface area (Å²) in [5.74, 6) is -0.760. The van der Waals surface area contributed by atoms with E-state index in [-0.39, 0.29) is 35.7 Å². The maximum Gasteiger partial charge on any atom is 0.316 e. The molecule has 150 valence electrons. The number of hydrogen-bond donors (Lipinski definition) is 0. The fourth-order valence-corrected chi connectivity index (χ4v) is 5.09. The summed E-state index contributed by atoms with van der Waals surface area (Å²) in [6.07, 6.45) is 1.72. The number of allylic oxidation sites excluding steroid dienone is 1. The van der Waals surface area contributed by atoms with Crippen molar-refractivity contribution in [3.8, 4) is 0 Å². The van der Waals surface area contributed by atoms with Crippen LogP contribution in [0.25, 0.3) is 0 Å². The van der Waals surface area contributed by atoms with Gasteiger partial charge in [0.25, 0.3) is 0 Å². The van der Waals surface area contributed by atoms with Crippen molar-refractivity contribution in [1.82, 2.24) is 0 Å². The first kappa shape index (κ1) is 19.4. The lowest BCUT2D eigenvalue weighted by molar-refractivity contribution is -0.146. The van der Waals surface area contributed by atoms with Crippen LogP contribution in [0, 0.1) is 23.2 Å². The molecule has 2 aliphatic rings. The van der Waals surface area contributed by atoms with E-state index in [0.29, 0.717) is 0 Å². The van der Waals surface area contributed by atoms with Crippen molar-refractivity contribution in [2.45, 2.75) is 33.8 Å². The number of fused-ring (bicyclic) bond motifs is 1. The summed E-state index contributed by atoms with van der Waals surface area (Å²) in [5.41, 5.74) is 1.94. The molecule has 4 heteroatoms. The molecule has 4 rings (SSSR count). The van der Waals surface area contributed by atoms with Gasteiger partial charge in [-0.1, -0.05) is 55.0 Å². The molecule has 1 saturated heterocycles. The van der Waals surface area contributed by atoms with E-state index in [1.54, 1.807) is 4.90 Å². The van der Waals surface area contributed by atoms with E-state index in [9.17, 15) is 9.59 Å². The van der Waals surface area contributed by atoms with Crippen LogP contribution in [0.1, 0.15) is 27.7 Å². The molecular formula is C25H27NO3. The van der Waals surface area contributed by atoms with Gasteiger partial charge in [0.15, 0.2) is 0 Å². The number of cyclic esters (lactones) is 1. The largest absolute Gasteiger partial charge is 0.462 e. The van der Waals surface area contributed by atoms with E-state index in [0.717, 1.165) is 16.9 Å². The molecule has 5 atom stereocenters. The molecule has 0 saturated carbocycles. The van der Waals surface area contributed by atoms with Gasteiger partial charge in [-0.2, -0.15) is 0 Å². The van der Waals surface area contributed by atoms with Gasteiger partial charge in [0.2, 0.25) is 5.91 Å². The Morgan fingerprint density at radius 1 is 0.966 bits per heavy atom. The van der Waals surface area contributed by atoms with Gasteiger partial charge in [-0.15, -0.1) is 0 Å². The summed E-state index contributed by atoms with van der Waals surface area (Å²) in [6.45, 7) is 7.91. The van der Waals surface area contributed by atoms with Crippen molar-refractivity contribution >= 4 is 23.3 Å². The third-order valence-electron chi connectivity index (χ3n) is 6.64. The molecule has 29 heavy (non-hydrogen) atoms. The summed E-state index contributed by atoms with van der Waals surface area (Å²) in [7, 11) is 0. The van der Waals surface area contributed by atoms with Crippen LogP contribution in [-0.2, 0) is 14.3 Å². The van der Waals surface area contributed by atoms with Gasteiger partial charge in [-0.3, -0.25) is 14.5 Å². The van der Waals surface area contributed by atoms with Crippen LogP contribution >= 0.6 is 0 Å². The monoisotopic (exact) mass is 389 g/mol. The zero-order valence-electron chi connectivity index (χ0n) is 17.3. The van der Waals surface area contributed by atoms with E-state index in [4.69, 9.17) is 4.74 Å². The fraction of sp³-hybridized carbons (Fsp3) is 0.360. The first-order valence-electron chi connectivity index (χ1n) is 10.2. The Morgan fingerprint density at radius 3 is 2.00 bits per heavy atom. The van der Waals surface area contributed by atoms with Crippen molar-refractivity contribution in [3.05, 3.63) is 72.3 Å². The highest BCUT2D eigenvalue weighted by Gasteiger charge is 2.60. The van der Waals surface area contributed by atoms with Crippen LogP contribution < -0.4 is 4.90 Å². The molecule has 1 aliphatic heterocycles. The first-order valence-corrected chi connectivity index (χ1v) is 10.2. The van der Waals surface area contributed by atoms with Gasteiger partial charge in [0, 0.05) is 17.3 Å². The quantitative estimate of drug-likeness (QED) is 0.540. The summed E-state index contributed by atoms with van der Waals surface area (Å²) in [6, 6.07) is 19.4. The number of para-hydroxylation sites is 2. The van der Waals surface area contributed by atoms with Crippen LogP contribution in [0.2, 0.25) is 0 Å². The highest BCUT2D eigenvalue weighted by Crippen LogP contribution is 2.53. The van der Waals surface area contributed by atoms with Gasteiger partial charge in [0.1, 0.15) is 6.10 Å². The third kappa shape index (κ3) is 3.07. The molecule has 0 spiro atoms. The average Bonchev–Trinajstić information content (AvgIpc) is 2.93. The minimum atomic E-state index is -0.768. The molecule has 4 nitrogen and oxygen atoms in total. The van der Waals surface area contributed by atoms with E-state index in [1.807, 2.05) is 87.5 Å². The van der Waals surface area contributed by atoms with Crippen LogP contribution in [0.5, 0.6) is 0 Å². The third-order valence-corrected chi connectivity index (χ3v) is 6.64. The maximum atomic E-state index is 14.1. The van der Waals surface area contributed by atoms with Crippen LogP contribution in [-0.4, -0.2) is 18.0 Å². The van der Waals surface area contributed by atoms with Crippen LogP contribution in [0.4, 0.5) is 11.4 Å². The Labute approximate surface area is 172 Å². The lowest BCUT2D eigenvalue weighted by atomic mass is 9.60. The highest BCUT2D eigenvalue weighted by molar-refractivity contribution is 6.03. The minimum Gasteiger partial charge on any atom is -0.462 e. The molecule has 1 fully saturated rings. The number of carbonyl (C=O) groups excluding carboxylic acids is 2. The Balaban J connectivity index is 1.84. The number of rotatable bonds is 3. The lowest BCUT2D eigenvalue weighted by Crippen LogP contribution is -2.49. The molecule has 2 aromatic carbocycles. The molecule has 0 bridgehead atoms. The predicted molar refractivity (Wildman–Crippen MR) is 114 cm³/mol. The molecule has 5 unspecified atom stereocenters.